The topological polar surface area (TPSA) is 30.7 Å². The van der Waals surface area contributed by atoms with Crippen molar-refractivity contribution in [3.63, 3.8) is 0 Å². The van der Waals surface area contributed by atoms with E-state index in [1.54, 1.807) is 30.0 Å². The molecule has 1 heterocycles. The van der Waals surface area contributed by atoms with Crippen LogP contribution in [-0.4, -0.2) is 14.8 Å². The van der Waals surface area contributed by atoms with Crippen LogP contribution < -0.4 is 0 Å². The Morgan fingerprint density at radius 1 is 0.920 bits per heavy atom. The van der Waals surface area contributed by atoms with Crippen LogP contribution >= 0.6 is 11.8 Å². The Morgan fingerprint density at radius 3 is 2.56 bits per heavy atom. The number of hydrogen-bond donors (Lipinski definition) is 0. The molecule has 0 radical (unpaired) electrons. The average Bonchev–Trinajstić information content (AvgIpc) is 3.01. The van der Waals surface area contributed by atoms with E-state index >= 15 is 0 Å². The van der Waals surface area contributed by atoms with Gasteiger partial charge in [0, 0.05) is 12.8 Å². The van der Waals surface area contributed by atoms with Gasteiger partial charge in [-0.05, 0) is 28.5 Å². The summed E-state index contributed by atoms with van der Waals surface area (Å²) in [6, 6.07) is 21.3. The second-order valence-corrected chi connectivity index (χ2v) is 6.71. The molecule has 5 heteroatoms. The summed E-state index contributed by atoms with van der Waals surface area (Å²) < 4.78 is 15.8. The van der Waals surface area contributed by atoms with Gasteiger partial charge in [0.05, 0.1) is 5.56 Å². The van der Waals surface area contributed by atoms with Crippen LogP contribution in [0, 0.1) is 5.82 Å². The lowest BCUT2D eigenvalue weighted by Gasteiger charge is -2.07. The summed E-state index contributed by atoms with van der Waals surface area (Å²) in [5, 5.41) is 11.7. The van der Waals surface area contributed by atoms with E-state index in [4.69, 9.17) is 0 Å². The number of thioether (sulfide) groups is 1. The van der Waals surface area contributed by atoms with Crippen molar-refractivity contribution in [2.45, 2.75) is 10.9 Å². The first-order valence-electron chi connectivity index (χ1n) is 7.98. The van der Waals surface area contributed by atoms with E-state index in [0.717, 1.165) is 10.9 Å². The van der Waals surface area contributed by atoms with Gasteiger partial charge in [0.15, 0.2) is 11.0 Å². The van der Waals surface area contributed by atoms with Crippen LogP contribution in [0.25, 0.3) is 22.2 Å². The molecular formula is C20H16FN3S. The molecule has 124 valence electrons. The van der Waals surface area contributed by atoms with Crippen molar-refractivity contribution in [2.24, 2.45) is 7.05 Å². The van der Waals surface area contributed by atoms with E-state index in [-0.39, 0.29) is 5.82 Å². The van der Waals surface area contributed by atoms with Gasteiger partial charge in [-0.2, -0.15) is 0 Å². The zero-order valence-electron chi connectivity index (χ0n) is 13.7. The molecular weight excluding hydrogens is 333 g/mol. The Balaban J connectivity index is 1.61. The lowest BCUT2D eigenvalue weighted by molar-refractivity contribution is 0.628. The normalized spacial score (nSPS) is 11.1. The summed E-state index contributed by atoms with van der Waals surface area (Å²) in [7, 11) is 1.87. The predicted molar refractivity (Wildman–Crippen MR) is 99.9 cm³/mol. The average molecular weight is 349 g/mol. The molecule has 0 amide bonds. The molecule has 0 aliphatic rings. The fourth-order valence-electron chi connectivity index (χ4n) is 2.88. The van der Waals surface area contributed by atoms with Crippen molar-refractivity contribution in [3.8, 4) is 11.4 Å². The summed E-state index contributed by atoms with van der Waals surface area (Å²) >= 11 is 1.60. The highest BCUT2D eigenvalue weighted by Crippen LogP contribution is 2.29. The highest BCUT2D eigenvalue weighted by molar-refractivity contribution is 7.98. The molecule has 0 fully saturated rings. The molecule has 0 spiro atoms. The number of halogens is 1. The minimum absolute atomic E-state index is 0.288. The number of fused-ring (bicyclic) bond motifs is 1. The molecule has 0 saturated heterocycles. The molecule has 0 atom stereocenters. The molecule has 0 aliphatic carbocycles. The van der Waals surface area contributed by atoms with E-state index in [0.29, 0.717) is 11.4 Å². The van der Waals surface area contributed by atoms with Gasteiger partial charge in [-0.15, -0.1) is 10.2 Å². The van der Waals surface area contributed by atoms with E-state index in [1.165, 1.54) is 22.4 Å². The number of aromatic nitrogens is 3. The van der Waals surface area contributed by atoms with Crippen molar-refractivity contribution in [1.82, 2.24) is 14.8 Å². The largest absolute Gasteiger partial charge is 0.305 e. The second kappa shape index (κ2) is 6.69. The monoisotopic (exact) mass is 349 g/mol. The van der Waals surface area contributed by atoms with Crippen molar-refractivity contribution in [1.29, 1.82) is 0 Å². The van der Waals surface area contributed by atoms with Gasteiger partial charge in [0.2, 0.25) is 0 Å². The SMILES string of the molecule is Cn1c(SCc2cccc3ccccc23)nnc1-c1ccccc1F. The van der Waals surface area contributed by atoms with E-state index < -0.39 is 0 Å². The molecule has 4 aromatic rings. The minimum Gasteiger partial charge on any atom is -0.305 e. The molecule has 1 aromatic heterocycles. The molecule has 0 N–H and O–H groups in total. The van der Waals surface area contributed by atoms with Crippen molar-refractivity contribution >= 4 is 22.5 Å². The summed E-state index contributed by atoms with van der Waals surface area (Å²) in [4.78, 5) is 0. The summed E-state index contributed by atoms with van der Waals surface area (Å²) in [5.74, 6) is 1.03. The first-order chi connectivity index (χ1) is 12.2. The maximum atomic E-state index is 14.0. The third-order valence-corrected chi connectivity index (χ3v) is 5.26. The van der Waals surface area contributed by atoms with Crippen LogP contribution in [0.5, 0.6) is 0 Å². The smallest absolute Gasteiger partial charge is 0.191 e. The zero-order chi connectivity index (χ0) is 17.2. The lowest BCUT2D eigenvalue weighted by Crippen LogP contribution is -1.96. The van der Waals surface area contributed by atoms with Crippen LogP contribution in [0.1, 0.15) is 5.56 Å². The van der Waals surface area contributed by atoms with Crippen LogP contribution in [0.2, 0.25) is 0 Å². The first-order valence-corrected chi connectivity index (χ1v) is 8.96. The standard InChI is InChI=1S/C20H16FN3S/c1-24-19(17-11-4-5-12-18(17)21)22-23-20(24)25-13-15-9-6-8-14-7-2-3-10-16(14)15/h2-12H,13H2,1H3. The van der Waals surface area contributed by atoms with E-state index in [1.807, 2.05) is 17.7 Å². The number of benzene rings is 3. The summed E-state index contributed by atoms with van der Waals surface area (Å²) in [5.41, 5.74) is 1.72. The van der Waals surface area contributed by atoms with Crippen LogP contribution in [-0.2, 0) is 12.8 Å². The minimum atomic E-state index is -0.288. The third-order valence-electron chi connectivity index (χ3n) is 4.19. The van der Waals surface area contributed by atoms with Crippen LogP contribution in [0.3, 0.4) is 0 Å². The predicted octanol–water partition coefficient (Wildman–Crippen LogP) is 5.07. The Hall–Kier alpha value is -2.66. The highest BCUT2D eigenvalue weighted by atomic mass is 32.2. The molecule has 4 rings (SSSR count). The van der Waals surface area contributed by atoms with Gasteiger partial charge >= 0.3 is 0 Å². The number of hydrogen-bond acceptors (Lipinski definition) is 3. The first kappa shape index (κ1) is 15.8. The third kappa shape index (κ3) is 3.03. The molecule has 3 nitrogen and oxygen atoms in total. The van der Waals surface area contributed by atoms with Crippen molar-refractivity contribution in [2.75, 3.05) is 0 Å². The molecule has 0 bridgehead atoms. The Bertz CT molecular complexity index is 1040. The second-order valence-electron chi connectivity index (χ2n) is 5.77. The molecule has 0 unspecified atom stereocenters. The fraction of sp³-hybridized carbons (Fsp3) is 0.100. The highest BCUT2D eigenvalue weighted by Gasteiger charge is 2.14. The molecule has 0 aliphatic heterocycles. The lowest BCUT2D eigenvalue weighted by atomic mass is 10.1. The molecule has 25 heavy (non-hydrogen) atoms. The number of rotatable bonds is 4. The van der Waals surface area contributed by atoms with Crippen molar-refractivity contribution in [3.05, 3.63) is 78.1 Å². The van der Waals surface area contributed by atoms with Gasteiger partial charge in [0.1, 0.15) is 5.82 Å². The van der Waals surface area contributed by atoms with Gasteiger partial charge in [-0.3, -0.25) is 0 Å². The maximum absolute atomic E-state index is 14.0. The van der Waals surface area contributed by atoms with E-state index in [9.17, 15) is 4.39 Å². The van der Waals surface area contributed by atoms with Crippen LogP contribution in [0.4, 0.5) is 4.39 Å². The number of nitrogens with zero attached hydrogens (tertiary/aromatic N) is 3. The zero-order valence-corrected chi connectivity index (χ0v) is 14.5. The molecule has 0 saturated carbocycles. The van der Waals surface area contributed by atoms with Crippen molar-refractivity contribution < 1.29 is 4.39 Å². The quantitative estimate of drug-likeness (QED) is 0.482. The van der Waals surface area contributed by atoms with Crippen LogP contribution in [0.15, 0.2) is 71.9 Å². The Morgan fingerprint density at radius 2 is 1.68 bits per heavy atom. The van der Waals surface area contributed by atoms with Gasteiger partial charge < -0.3 is 4.57 Å². The maximum Gasteiger partial charge on any atom is 0.191 e. The van der Waals surface area contributed by atoms with Gasteiger partial charge in [0.25, 0.3) is 0 Å². The Labute approximate surface area is 149 Å². The summed E-state index contributed by atoms with van der Waals surface area (Å²) in [6.45, 7) is 0. The molecule has 3 aromatic carbocycles. The Kier molecular flexibility index (Phi) is 4.24. The summed E-state index contributed by atoms with van der Waals surface area (Å²) in [6.07, 6.45) is 0. The van der Waals surface area contributed by atoms with Gasteiger partial charge in [-0.1, -0.05) is 66.4 Å². The van der Waals surface area contributed by atoms with Gasteiger partial charge in [-0.25, -0.2) is 4.39 Å². The fourth-order valence-corrected chi connectivity index (χ4v) is 3.79. The van der Waals surface area contributed by atoms with E-state index in [2.05, 4.69) is 46.6 Å².